The first-order valence-corrected chi connectivity index (χ1v) is 8.56. The van der Waals surface area contributed by atoms with E-state index in [1.54, 1.807) is 0 Å². The van der Waals surface area contributed by atoms with Crippen LogP contribution < -0.4 is 21.3 Å². The van der Waals surface area contributed by atoms with Crippen molar-refractivity contribution >= 4 is 16.5 Å². The molecular weight excluding hydrogens is 335 g/mol. The molecule has 1 aliphatic rings. The van der Waals surface area contributed by atoms with Crippen LogP contribution in [0.1, 0.15) is 23.7 Å². The zero-order chi connectivity index (χ0) is 18.1. The molecule has 2 heterocycles. The smallest absolute Gasteiger partial charge is 0.272 e. The molecule has 134 valence electrons. The molecule has 0 radical (unpaired) electrons. The van der Waals surface area contributed by atoms with Crippen molar-refractivity contribution in [2.75, 3.05) is 18.5 Å². The molecule has 1 aromatic heterocycles. The monoisotopic (exact) mass is 354 g/mol. The van der Waals surface area contributed by atoms with Crippen molar-refractivity contribution in [1.82, 2.24) is 10.2 Å². The van der Waals surface area contributed by atoms with Gasteiger partial charge in [-0.25, -0.2) is 9.49 Å². The summed E-state index contributed by atoms with van der Waals surface area (Å²) in [6, 6.07) is 10.4. The molecule has 7 heteroatoms. The number of nitrogens with two attached hydrogens (primary N) is 1. The quantitative estimate of drug-likeness (QED) is 0.612. The van der Waals surface area contributed by atoms with Gasteiger partial charge >= 0.3 is 0 Å². The van der Waals surface area contributed by atoms with Gasteiger partial charge in [-0.3, -0.25) is 4.79 Å². The number of rotatable bonds is 5. The minimum atomic E-state index is -0.452. The van der Waals surface area contributed by atoms with Gasteiger partial charge in [0.25, 0.3) is 5.56 Å². The van der Waals surface area contributed by atoms with E-state index in [0.717, 1.165) is 23.4 Å². The molecule has 1 atom stereocenters. The molecule has 0 bridgehead atoms. The number of halogens is 1. The lowest BCUT2D eigenvalue weighted by Gasteiger charge is -2.27. The van der Waals surface area contributed by atoms with Gasteiger partial charge in [0.1, 0.15) is 11.6 Å². The zero-order valence-corrected chi connectivity index (χ0v) is 14.1. The fraction of sp³-hybridized carbons (Fsp3) is 0.263. The predicted molar refractivity (Wildman–Crippen MR) is 98.0 cm³/mol. The van der Waals surface area contributed by atoms with Crippen LogP contribution in [0.25, 0.3) is 10.8 Å². The van der Waals surface area contributed by atoms with Crippen LogP contribution in [0.2, 0.25) is 0 Å². The average molecular weight is 354 g/mol. The van der Waals surface area contributed by atoms with E-state index in [1.165, 1.54) is 12.1 Å². The number of hydrogen-bond donors (Lipinski definition) is 3. The van der Waals surface area contributed by atoms with Gasteiger partial charge in [-0.1, -0.05) is 12.1 Å². The second kappa shape index (κ2) is 6.76. The van der Waals surface area contributed by atoms with Crippen molar-refractivity contribution in [3.05, 3.63) is 63.8 Å². The van der Waals surface area contributed by atoms with Gasteiger partial charge in [-0.05, 0) is 42.8 Å². The molecule has 4 rings (SSSR count). The zero-order valence-electron chi connectivity index (χ0n) is 14.1. The highest BCUT2D eigenvalue weighted by atomic mass is 19.1. The third kappa shape index (κ3) is 3.01. The van der Waals surface area contributed by atoms with Crippen LogP contribution >= 0.6 is 0 Å². The topological polar surface area (TPSA) is 93.0 Å². The van der Waals surface area contributed by atoms with Crippen molar-refractivity contribution in [3.8, 4) is 5.75 Å². The lowest BCUT2D eigenvalue weighted by atomic mass is 9.94. The second-order valence-corrected chi connectivity index (χ2v) is 6.34. The number of benzene rings is 2. The Bertz CT molecular complexity index is 1000. The fourth-order valence-electron chi connectivity index (χ4n) is 3.30. The average Bonchev–Trinajstić information content (AvgIpc) is 2.65. The Kier molecular flexibility index (Phi) is 4.30. The molecule has 0 amide bonds. The maximum absolute atomic E-state index is 13.9. The van der Waals surface area contributed by atoms with E-state index in [1.807, 2.05) is 24.3 Å². The highest BCUT2D eigenvalue weighted by Crippen LogP contribution is 2.36. The number of H-pyrrole nitrogens is 1. The summed E-state index contributed by atoms with van der Waals surface area (Å²) in [5.74, 6) is 0.334. The Morgan fingerprint density at radius 2 is 2.08 bits per heavy atom. The minimum absolute atomic E-state index is 0.0657. The molecule has 0 fully saturated rings. The molecule has 0 saturated carbocycles. The molecule has 1 unspecified atom stereocenters. The van der Waals surface area contributed by atoms with E-state index in [2.05, 4.69) is 15.5 Å². The number of hydrogen-bond acceptors (Lipinski definition) is 5. The fourth-order valence-corrected chi connectivity index (χ4v) is 3.30. The van der Waals surface area contributed by atoms with Crippen LogP contribution in [-0.4, -0.2) is 23.3 Å². The lowest BCUT2D eigenvalue weighted by Crippen LogP contribution is -2.23. The number of ether oxygens (including phenoxy) is 1. The maximum atomic E-state index is 13.9. The first kappa shape index (κ1) is 16.5. The molecule has 6 nitrogen and oxygen atoms in total. The molecule has 4 N–H and O–H groups in total. The van der Waals surface area contributed by atoms with Crippen LogP contribution in [0.15, 0.2) is 41.2 Å². The second-order valence-electron chi connectivity index (χ2n) is 6.34. The van der Waals surface area contributed by atoms with Crippen molar-refractivity contribution in [2.45, 2.75) is 18.9 Å². The third-order valence-electron chi connectivity index (χ3n) is 4.56. The van der Waals surface area contributed by atoms with Crippen LogP contribution in [-0.2, 0) is 6.42 Å². The van der Waals surface area contributed by atoms with Crippen LogP contribution in [0.4, 0.5) is 10.1 Å². The summed E-state index contributed by atoms with van der Waals surface area (Å²) in [7, 11) is 0. The van der Waals surface area contributed by atoms with Crippen LogP contribution in [0, 0.1) is 5.82 Å². The Morgan fingerprint density at radius 3 is 2.85 bits per heavy atom. The van der Waals surface area contributed by atoms with Gasteiger partial charge in [-0.15, -0.1) is 0 Å². The number of anilines is 1. The lowest BCUT2D eigenvalue weighted by molar-refractivity contribution is 0.313. The molecular formula is C19H19FN4O2. The predicted octanol–water partition coefficient (Wildman–Crippen LogP) is 2.50. The first-order valence-electron chi connectivity index (χ1n) is 8.56. The number of aromatic amines is 1. The number of nitrogens with zero attached hydrogens (tertiary/aromatic N) is 1. The van der Waals surface area contributed by atoms with E-state index in [9.17, 15) is 9.18 Å². The summed E-state index contributed by atoms with van der Waals surface area (Å²) in [6.07, 6.45) is 1.40. The minimum Gasteiger partial charge on any atom is -0.494 e. The Hall–Kier alpha value is -2.93. The van der Waals surface area contributed by atoms with Gasteiger partial charge in [0.05, 0.1) is 23.7 Å². The summed E-state index contributed by atoms with van der Waals surface area (Å²) in [4.78, 5) is 11.9. The normalized spacial score (nSPS) is 15.7. The summed E-state index contributed by atoms with van der Waals surface area (Å²) in [6.45, 7) is 1.18. The van der Waals surface area contributed by atoms with Crippen molar-refractivity contribution < 1.29 is 9.13 Å². The largest absolute Gasteiger partial charge is 0.494 e. The Morgan fingerprint density at radius 1 is 1.27 bits per heavy atom. The summed E-state index contributed by atoms with van der Waals surface area (Å²) in [5, 5.41) is 11.0. The number of aromatic nitrogens is 2. The summed E-state index contributed by atoms with van der Waals surface area (Å²) in [5.41, 5.74) is 7.45. The van der Waals surface area contributed by atoms with Gasteiger partial charge in [-0.2, -0.15) is 5.10 Å². The first-order chi connectivity index (χ1) is 12.7. The van der Waals surface area contributed by atoms with E-state index < -0.39 is 5.82 Å². The van der Waals surface area contributed by atoms with E-state index >= 15 is 0 Å². The van der Waals surface area contributed by atoms with Gasteiger partial charge in [0.2, 0.25) is 0 Å². The van der Waals surface area contributed by atoms with Crippen molar-refractivity contribution in [1.29, 1.82) is 0 Å². The van der Waals surface area contributed by atoms with Gasteiger partial charge < -0.3 is 15.8 Å². The molecule has 2 aromatic carbocycles. The van der Waals surface area contributed by atoms with E-state index in [4.69, 9.17) is 10.5 Å². The van der Waals surface area contributed by atoms with Crippen molar-refractivity contribution in [2.24, 2.45) is 5.73 Å². The van der Waals surface area contributed by atoms with Crippen LogP contribution in [0.5, 0.6) is 5.75 Å². The molecule has 0 saturated heterocycles. The summed E-state index contributed by atoms with van der Waals surface area (Å²) >= 11 is 0. The maximum Gasteiger partial charge on any atom is 0.272 e. The van der Waals surface area contributed by atoms with Gasteiger partial charge in [0.15, 0.2) is 0 Å². The standard InChI is InChI=1S/C19H19FN4O2/c20-12-8-14-18-16(9-12)22-15(10-17(18)23-24-19(14)25)11-2-4-13(5-3-11)26-7-1-6-21/h2-5,8-9,15,22H,1,6-7,10,21H2,(H,24,25). The molecule has 26 heavy (non-hydrogen) atoms. The van der Waals surface area contributed by atoms with Gasteiger partial charge in [0, 0.05) is 17.5 Å². The molecule has 1 aliphatic heterocycles. The Balaban J connectivity index is 1.62. The highest BCUT2D eigenvalue weighted by Gasteiger charge is 2.24. The summed E-state index contributed by atoms with van der Waals surface area (Å²) < 4.78 is 19.5. The Labute approximate surface area is 149 Å². The van der Waals surface area contributed by atoms with E-state index in [-0.39, 0.29) is 11.6 Å². The highest BCUT2D eigenvalue weighted by molar-refractivity contribution is 5.96. The van der Waals surface area contributed by atoms with Crippen LogP contribution in [0.3, 0.4) is 0 Å². The SMILES string of the molecule is NCCCOc1ccc(C2Cc3n[nH]c(=O)c4cc(F)cc(c34)N2)cc1. The van der Waals surface area contributed by atoms with Crippen molar-refractivity contribution in [3.63, 3.8) is 0 Å². The van der Waals surface area contributed by atoms with E-state index in [0.29, 0.717) is 36.0 Å². The molecule has 0 spiro atoms. The molecule has 0 aliphatic carbocycles. The molecule has 3 aromatic rings. The number of nitrogens with one attached hydrogen (secondary N) is 2. The third-order valence-corrected chi connectivity index (χ3v) is 4.56.